The number of hydrogen-bond acceptors (Lipinski definition) is 4. The number of piperidine rings is 1. The third kappa shape index (κ3) is 2.81. The zero-order valence-electron chi connectivity index (χ0n) is 12.2. The second-order valence-electron chi connectivity index (χ2n) is 5.76. The summed E-state index contributed by atoms with van der Waals surface area (Å²) in [6.07, 6.45) is 0.490. The molecule has 1 spiro atoms. The average molecular weight is 302 g/mol. The lowest BCUT2D eigenvalue weighted by atomic mass is 9.85. The van der Waals surface area contributed by atoms with Gasteiger partial charge in [0.25, 0.3) is 0 Å². The molecule has 0 bridgehead atoms. The van der Waals surface area contributed by atoms with Crippen LogP contribution in [0.15, 0.2) is 30.3 Å². The molecule has 0 aliphatic carbocycles. The predicted octanol–water partition coefficient (Wildman–Crippen LogP) is 1.25. The van der Waals surface area contributed by atoms with Crippen molar-refractivity contribution < 1.29 is 19.1 Å². The second-order valence-corrected chi connectivity index (χ2v) is 5.76. The van der Waals surface area contributed by atoms with Crippen LogP contribution in [0, 0.1) is 0 Å². The van der Waals surface area contributed by atoms with Crippen molar-refractivity contribution in [1.29, 1.82) is 0 Å². The van der Waals surface area contributed by atoms with E-state index in [4.69, 9.17) is 4.74 Å². The first kappa shape index (κ1) is 14.6. The highest BCUT2D eigenvalue weighted by Gasteiger charge is 2.48. The van der Waals surface area contributed by atoms with Crippen LogP contribution in [0.5, 0.6) is 0 Å². The Kier molecular flexibility index (Phi) is 3.83. The minimum atomic E-state index is -0.757. The Bertz CT molecular complexity index is 591. The van der Waals surface area contributed by atoms with E-state index in [1.54, 1.807) is 4.90 Å². The zero-order valence-corrected chi connectivity index (χ0v) is 12.2. The fourth-order valence-corrected chi connectivity index (χ4v) is 2.98. The van der Waals surface area contributed by atoms with Crippen LogP contribution in [0.3, 0.4) is 0 Å². The summed E-state index contributed by atoms with van der Waals surface area (Å²) in [7, 11) is 0. The SMILES string of the molecule is O=C1CC(=O)C2(CCN(C(=O)OCc3ccccc3)CC2)N1. The van der Waals surface area contributed by atoms with E-state index in [1.165, 1.54) is 0 Å². The van der Waals surface area contributed by atoms with Crippen molar-refractivity contribution in [1.82, 2.24) is 10.2 Å². The van der Waals surface area contributed by atoms with Gasteiger partial charge >= 0.3 is 6.09 Å². The van der Waals surface area contributed by atoms with Crippen LogP contribution in [-0.2, 0) is 20.9 Å². The quantitative estimate of drug-likeness (QED) is 0.834. The molecule has 2 saturated heterocycles. The van der Waals surface area contributed by atoms with Crippen molar-refractivity contribution in [3.8, 4) is 0 Å². The molecule has 3 rings (SSSR count). The lowest BCUT2D eigenvalue weighted by molar-refractivity contribution is -0.124. The molecule has 2 fully saturated rings. The van der Waals surface area contributed by atoms with Crippen LogP contribution in [0.25, 0.3) is 0 Å². The predicted molar refractivity (Wildman–Crippen MR) is 77.9 cm³/mol. The number of ketones is 1. The van der Waals surface area contributed by atoms with E-state index < -0.39 is 5.54 Å². The molecular weight excluding hydrogens is 284 g/mol. The van der Waals surface area contributed by atoms with E-state index in [0.29, 0.717) is 25.9 Å². The highest BCUT2D eigenvalue weighted by Crippen LogP contribution is 2.28. The summed E-state index contributed by atoms with van der Waals surface area (Å²) in [5.41, 5.74) is 0.176. The van der Waals surface area contributed by atoms with Gasteiger partial charge in [0.05, 0.1) is 6.42 Å². The minimum absolute atomic E-state index is 0.0432. The van der Waals surface area contributed by atoms with Gasteiger partial charge in [-0.25, -0.2) is 4.79 Å². The molecule has 0 saturated carbocycles. The summed E-state index contributed by atoms with van der Waals surface area (Å²) in [6, 6.07) is 9.48. The largest absolute Gasteiger partial charge is 0.445 e. The smallest absolute Gasteiger partial charge is 0.410 e. The zero-order chi connectivity index (χ0) is 15.6. The number of hydrogen-bond donors (Lipinski definition) is 1. The molecular formula is C16H18N2O4. The Morgan fingerprint density at radius 2 is 1.86 bits per heavy atom. The van der Waals surface area contributed by atoms with Crippen LogP contribution in [-0.4, -0.2) is 41.3 Å². The molecule has 1 aromatic rings. The van der Waals surface area contributed by atoms with Gasteiger partial charge in [-0.1, -0.05) is 30.3 Å². The highest BCUT2D eigenvalue weighted by atomic mass is 16.6. The first-order valence-corrected chi connectivity index (χ1v) is 7.39. The van der Waals surface area contributed by atoms with E-state index in [-0.39, 0.29) is 30.8 Å². The molecule has 1 N–H and O–H groups in total. The summed E-state index contributed by atoms with van der Waals surface area (Å²) >= 11 is 0. The van der Waals surface area contributed by atoms with Crippen molar-refractivity contribution in [2.75, 3.05) is 13.1 Å². The van der Waals surface area contributed by atoms with E-state index in [1.807, 2.05) is 30.3 Å². The molecule has 2 amide bonds. The molecule has 2 aliphatic rings. The average Bonchev–Trinajstić information content (AvgIpc) is 2.80. The van der Waals surface area contributed by atoms with Gasteiger partial charge in [0.2, 0.25) is 5.91 Å². The maximum atomic E-state index is 12.1. The highest BCUT2D eigenvalue weighted by molar-refractivity contribution is 6.10. The van der Waals surface area contributed by atoms with E-state index in [2.05, 4.69) is 5.32 Å². The van der Waals surface area contributed by atoms with E-state index >= 15 is 0 Å². The molecule has 1 aromatic carbocycles. The number of likely N-dealkylation sites (tertiary alicyclic amines) is 1. The normalized spacial score (nSPS) is 20.1. The monoisotopic (exact) mass is 302 g/mol. The van der Waals surface area contributed by atoms with Crippen LogP contribution in [0.4, 0.5) is 4.79 Å². The van der Waals surface area contributed by atoms with Gasteiger partial charge in [-0.05, 0) is 18.4 Å². The number of Topliss-reactive ketones (excluding diaryl/α,β-unsaturated/α-hetero) is 1. The molecule has 22 heavy (non-hydrogen) atoms. The van der Waals surface area contributed by atoms with Crippen LogP contribution >= 0.6 is 0 Å². The summed E-state index contributed by atoms with van der Waals surface area (Å²) in [6.45, 7) is 1.07. The summed E-state index contributed by atoms with van der Waals surface area (Å²) < 4.78 is 5.28. The Labute approximate surface area is 128 Å². The topological polar surface area (TPSA) is 75.7 Å². The Morgan fingerprint density at radius 3 is 2.45 bits per heavy atom. The van der Waals surface area contributed by atoms with E-state index in [9.17, 15) is 14.4 Å². The summed E-state index contributed by atoms with van der Waals surface area (Å²) in [5, 5.41) is 2.77. The molecule has 2 aliphatic heterocycles. The van der Waals surface area contributed by atoms with Gasteiger partial charge < -0.3 is 15.0 Å². The molecule has 0 unspecified atom stereocenters. The van der Waals surface area contributed by atoms with Gasteiger partial charge in [-0.15, -0.1) is 0 Å². The van der Waals surface area contributed by atoms with Crippen molar-refractivity contribution in [2.45, 2.75) is 31.4 Å². The Balaban J connectivity index is 1.52. The van der Waals surface area contributed by atoms with Crippen molar-refractivity contribution in [2.24, 2.45) is 0 Å². The number of carbonyl (C=O) groups excluding carboxylic acids is 3. The lowest BCUT2D eigenvalue weighted by Crippen LogP contribution is -2.55. The van der Waals surface area contributed by atoms with Crippen LogP contribution in [0.1, 0.15) is 24.8 Å². The number of carbonyl (C=O) groups is 3. The molecule has 6 heteroatoms. The van der Waals surface area contributed by atoms with Gasteiger partial charge in [-0.2, -0.15) is 0 Å². The fraction of sp³-hybridized carbons (Fsp3) is 0.438. The lowest BCUT2D eigenvalue weighted by Gasteiger charge is -2.37. The molecule has 0 atom stereocenters. The van der Waals surface area contributed by atoms with Gasteiger partial charge in [0.1, 0.15) is 12.1 Å². The van der Waals surface area contributed by atoms with Gasteiger partial charge in [-0.3, -0.25) is 9.59 Å². The summed E-state index contributed by atoms with van der Waals surface area (Å²) in [5.74, 6) is -0.278. The van der Waals surface area contributed by atoms with Gasteiger partial charge in [0.15, 0.2) is 5.78 Å². The number of benzene rings is 1. The number of nitrogens with one attached hydrogen (secondary N) is 1. The Morgan fingerprint density at radius 1 is 1.18 bits per heavy atom. The molecule has 0 radical (unpaired) electrons. The first-order valence-electron chi connectivity index (χ1n) is 7.39. The van der Waals surface area contributed by atoms with E-state index in [0.717, 1.165) is 5.56 Å². The first-order chi connectivity index (χ1) is 10.6. The fourth-order valence-electron chi connectivity index (χ4n) is 2.98. The minimum Gasteiger partial charge on any atom is -0.445 e. The van der Waals surface area contributed by atoms with Crippen LogP contribution < -0.4 is 5.32 Å². The van der Waals surface area contributed by atoms with Crippen molar-refractivity contribution in [3.63, 3.8) is 0 Å². The number of ether oxygens (including phenoxy) is 1. The third-order valence-electron chi connectivity index (χ3n) is 4.31. The molecule has 116 valence electrons. The molecule has 0 aromatic heterocycles. The number of rotatable bonds is 2. The number of amides is 2. The second kappa shape index (κ2) is 5.79. The maximum absolute atomic E-state index is 12.1. The Hall–Kier alpha value is -2.37. The standard InChI is InChI=1S/C16H18N2O4/c19-13-10-14(20)17-16(13)6-8-18(9-7-16)15(21)22-11-12-4-2-1-3-5-12/h1-5H,6-11H2,(H,17,20). The van der Waals surface area contributed by atoms with Gasteiger partial charge in [0, 0.05) is 13.1 Å². The number of nitrogens with zero attached hydrogens (tertiary/aromatic N) is 1. The van der Waals surface area contributed by atoms with Crippen molar-refractivity contribution >= 4 is 17.8 Å². The maximum Gasteiger partial charge on any atom is 0.410 e. The summed E-state index contributed by atoms with van der Waals surface area (Å²) in [4.78, 5) is 36.9. The molecule has 2 heterocycles. The molecule has 6 nitrogen and oxygen atoms in total. The third-order valence-corrected chi connectivity index (χ3v) is 4.31. The van der Waals surface area contributed by atoms with Crippen LogP contribution in [0.2, 0.25) is 0 Å². The van der Waals surface area contributed by atoms with Crippen molar-refractivity contribution in [3.05, 3.63) is 35.9 Å².